The van der Waals surface area contributed by atoms with Gasteiger partial charge in [0, 0.05) is 23.9 Å². The van der Waals surface area contributed by atoms with Gasteiger partial charge in [-0.3, -0.25) is 0 Å². The van der Waals surface area contributed by atoms with E-state index >= 15 is 0 Å². The van der Waals surface area contributed by atoms with Crippen LogP contribution in [-0.2, 0) is 12.8 Å². The molecule has 0 bridgehead atoms. The molecule has 1 aliphatic carbocycles. The van der Waals surface area contributed by atoms with Gasteiger partial charge in [-0.15, -0.1) is 0 Å². The van der Waals surface area contributed by atoms with Gasteiger partial charge >= 0.3 is 0 Å². The van der Waals surface area contributed by atoms with Crippen LogP contribution < -0.4 is 10.5 Å². The Labute approximate surface area is 109 Å². The number of benzene rings is 1. The molecule has 1 aromatic carbocycles. The predicted octanol–water partition coefficient (Wildman–Crippen LogP) is 3.22. The predicted molar refractivity (Wildman–Crippen MR) is 67.1 cm³/mol. The van der Waals surface area contributed by atoms with Crippen LogP contribution in [0.3, 0.4) is 0 Å². The van der Waals surface area contributed by atoms with Gasteiger partial charge in [-0.1, -0.05) is 6.07 Å². The second-order valence-electron chi connectivity index (χ2n) is 4.52. The molecule has 1 aromatic heterocycles. The molecule has 0 saturated heterocycles. The Bertz CT molecular complexity index is 644. The van der Waals surface area contributed by atoms with Crippen LogP contribution in [0.15, 0.2) is 24.3 Å². The van der Waals surface area contributed by atoms with Gasteiger partial charge < -0.3 is 10.5 Å². The van der Waals surface area contributed by atoms with E-state index in [4.69, 9.17) is 10.5 Å². The van der Waals surface area contributed by atoms with Crippen LogP contribution in [0.1, 0.15) is 17.7 Å². The van der Waals surface area contributed by atoms with Gasteiger partial charge in [-0.2, -0.15) is 0 Å². The number of nitrogen functional groups attached to an aromatic ring is 1. The molecular weight excluding hydrogens is 250 g/mol. The molecule has 1 heterocycles. The maximum atomic E-state index is 13.6. The van der Waals surface area contributed by atoms with Gasteiger partial charge in [-0.25, -0.2) is 13.8 Å². The molecule has 5 heteroatoms. The minimum Gasteiger partial charge on any atom is -0.436 e. The smallest absolute Gasteiger partial charge is 0.219 e. The third-order valence-electron chi connectivity index (χ3n) is 3.17. The fourth-order valence-electron chi connectivity index (χ4n) is 2.19. The van der Waals surface area contributed by atoms with Crippen molar-refractivity contribution in [3.8, 4) is 11.6 Å². The molecule has 0 unspecified atom stereocenters. The molecule has 0 atom stereocenters. The summed E-state index contributed by atoms with van der Waals surface area (Å²) in [5.74, 6) is -1.36. The minimum absolute atomic E-state index is 0.211. The van der Waals surface area contributed by atoms with Gasteiger partial charge in [0.2, 0.25) is 5.88 Å². The van der Waals surface area contributed by atoms with Crippen molar-refractivity contribution in [1.82, 2.24) is 4.98 Å². The molecular formula is C14H12F2N2O. The van der Waals surface area contributed by atoms with Crippen LogP contribution in [0.2, 0.25) is 0 Å². The Morgan fingerprint density at radius 1 is 1.11 bits per heavy atom. The van der Waals surface area contributed by atoms with E-state index < -0.39 is 11.6 Å². The normalized spacial score (nSPS) is 13.4. The first-order valence-corrected chi connectivity index (χ1v) is 6.04. The summed E-state index contributed by atoms with van der Waals surface area (Å²) in [5.41, 5.74) is 7.18. The van der Waals surface area contributed by atoms with Crippen molar-refractivity contribution in [1.29, 1.82) is 0 Å². The van der Waals surface area contributed by atoms with E-state index in [0.717, 1.165) is 37.1 Å². The van der Waals surface area contributed by atoms with Gasteiger partial charge in [0.25, 0.3) is 0 Å². The van der Waals surface area contributed by atoms with E-state index in [1.807, 2.05) is 6.07 Å². The number of rotatable bonds is 2. The van der Waals surface area contributed by atoms with Gasteiger partial charge in [0.15, 0.2) is 11.6 Å². The van der Waals surface area contributed by atoms with Crippen molar-refractivity contribution in [3.63, 3.8) is 0 Å². The number of nitrogens with two attached hydrogens (primary N) is 1. The number of hydrogen-bond donors (Lipinski definition) is 1. The summed E-state index contributed by atoms with van der Waals surface area (Å²) in [4.78, 5) is 4.30. The number of fused-ring (bicyclic) bond motifs is 1. The molecule has 2 N–H and O–H groups in total. The molecule has 3 rings (SSSR count). The maximum absolute atomic E-state index is 13.6. The fourth-order valence-corrected chi connectivity index (χ4v) is 2.19. The lowest BCUT2D eigenvalue weighted by Crippen LogP contribution is -1.97. The zero-order valence-electron chi connectivity index (χ0n) is 10.1. The molecule has 98 valence electrons. The highest BCUT2D eigenvalue weighted by molar-refractivity contribution is 5.45. The second kappa shape index (κ2) is 4.50. The largest absolute Gasteiger partial charge is 0.436 e. The molecule has 0 fully saturated rings. The van der Waals surface area contributed by atoms with Crippen LogP contribution >= 0.6 is 0 Å². The average molecular weight is 262 g/mol. The summed E-state index contributed by atoms with van der Waals surface area (Å²) in [6.45, 7) is 0. The van der Waals surface area contributed by atoms with E-state index in [-0.39, 0.29) is 17.3 Å². The lowest BCUT2D eigenvalue weighted by Gasteiger charge is -2.08. The summed E-state index contributed by atoms with van der Waals surface area (Å²) >= 11 is 0. The van der Waals surface area contributed by atoms with Crippen LogP contribution in [0.4, 0.5) is 14.5 Å². The highest BCUT2D eigenvalue weighted by Gasteiger charge is 2.15. The number of hydrogen-bond acceptors (Lipinski definition) is 3. The molecule has 0 amide bonds. The van der Waals surface area contributed by atoms with Gasteiger partial charge in [0.05, 0.1) is 5.69 Å². The zero-order valence-corrected chi connectivity index (χ0v) is 10.1. The third-order valence-corrected chi connectivity index (χ3v) is 3.17. The Morgan fingerprint density at radius 2 is 1.95 bits per heavy atom. The molecule has 0 aliphatic heterocycles. The number of ether oxygens (including phenoxy) is 1. The van der Waals surface area contributed by atoms with E-state index in [0.29, 0.717) is 0 Å². The van der Waals surface area contributed by atoms with E-state index in [2.05, 4.69) is 4.98 Å². The SMILES string of the molecule is Nc1cc(F)c(Oc2ccc3c(n2)CCC3)cc1F. The summed E-state index contributed by atoms with van der Waals surface area (Å²) in [6, 6.07) is 5.41. The highest BCUT2D eigenvalue weighted by Crippen LogP contribution is 2.29. The van der Waals surface area contributed by atoms with Crippen LogP contribution in [0.5, 0.6) is 11.6 Å². The second-order valence-corrected chi connectivity index (χ2v) is 4.52. The molecule has 19 heavy (non-hydrogen) atoms. The number of aryl methyl sites for hydroxylation is 2. The van der Waals surface area contributed by atoms with Crippen molar-refractivity contribution >= 4 is 5.69 Å². The lowest BCUT2D eigenvalue weighted by molar-refractivity contribution is 0.422. The van der Waals surface area contributed by atoms with Crippen molar-refractivity contribution in [3.05, 3.63) is 47.2 Å². The molecule has 1 aliphatic rings. The lowest BCUT2D eigenvalue weighted by atomic mass is 10.2. The summed E-state index contributed by atoms with van der Waals surface area (Å²) < 4.78 is 32.2. The summed E-state index contributed by atoms with van der Waals surface area (Å²) in [5, 5.41) is 0. The number of pyridine rings is 1. The average Bonchev–Trinajstić information content (AvgIpc) is 2.83. The monoisotopic (exact) mass is 262 g/mol. The Kier molecular flexibility index (Phi) is 2.81. The molecule has 0 saturated carbocycles. The molecule has 2 aromatic rings. The first kappa shape index (κ1) is 11.9. The standard InChI is InChI=1S/C14H12F2N2O/c15-9-7-13(10(16)6-11(9)17)19-14-5-4-8-2-1-3-12(8)18-14/h4-7H,1-3,17H2. The first-order chi connectivity index (χ1) is 9.13. The number of nitrogens with zero attached hydrogens (tertiary/aromatic N) is 1. The topological polar surface area (TPSA) is 48.1 Å². The van der Waals surface area contributed by atoms with E-state index in [1.165, 1.54) is 5.56 Å². The molecule has 0 radical (unpaired) electrons. The van der Waals surface area contributed by atoms with Crippen molar-refractivity contribution in [2.24, 2.45) is 0 Å². The van der Waals surface area contributed by atoms with Gasteiger partial charge in [-0.05, 0) is 24.8 Å². The van der Waals surface area contributed by atoms with Crippen LogP contribution in [-0.4, -0.2) is 4.98 Å². The zero-order chi connectivity index (χ0) is 13.4. The van der Waals surface area contributed by atoms with E-state index in [9.17, 15) is 8.78 Å². The number of aromatic nitrogens is 1. The van der Waals surface area contributed by atoms with Crippen molar-refractivity contribution in [2.45, 2.75) is 19.3 Å². The summed E-state index contributed by atoms with van der Waals surface area (Å²) in [7, 11) is 0. The van der Waals surface area contributed by atoms with Crippen LogP contribution in [0, 0.1) is 11.6 Å². The Balaban J connectivity index is 1.91. The van der Waals surface area contributed by atoms with E-state index in [1.54, 1.807) is 6.07 Å². The maximum Gasteiger partial charge on any atom is 0.219 e. The summed E-state index contributed by atoms with van der Waals surface area (Å²) in [6.07, 6.45) is 2.97. The molecule has 3 nitrogen and oxygen atoms in total. The Morgan fingerprint density at radius 3 is 2.79 bits per heavy atom. The van der Waals surface area contributed by atoms with Crippen molar-refractivity contribution in [2.75, 3.05) is 5.73 Å². The Hall–Kier alpha value is -2.17. The van der Waals surface area contributed by atoms with Gasteiger partial charge in [0.1, 0.15) is 5.82 Å². The van der Waals surface area contributed by atoms with Crippen LogP contribution in [0.25, 0.3) is 0 Å². The minimum atomic E-state index is -0.711. The quantitative estimate of drug-likeness (QED) is 0.845. The van der Waals surface area contributed by atoms with Crippen molar-refractivity contribution < 1.29 is 13.5 Å². The first-order valence-electron chi connectivity index (χ1n) is 6.04. The number of anilines is 1. The highest BCUT2D eigenvalue weighted by atomic mass is 19.1. The third kappa shape index (κ3) is 2.23. The fraction of sp³-hybridized carbons (Fsp3) is 0.214. The molecule has 0 spiro atoms. The number of halogens is 2.